The summed E-state index contributed by atoms with van der Waals surface area (Å²) in [6.07, 6.45) is 1.82. The zero-order valence-electron chi connectivity index (χ0n) is 11.0. The average Bonchev–Trinajstić information content (AvgIpc) is 2.75. The summed E-state index contributed by atoms with van der Waals surface area (Å²) in [7, 11) is 2.07. The fourth-order valence-electron chi connectivity index (χ4n) is 2.43. The van der Waals surface area contributed by atoms with E-state index >= 15 is 0 Å². The molecular weight excluding hydrogens is 234 g/mol. The third-order valence-corrected chi connectivity index (χ3v) is 3.55. The van der Waals surface area contributed by atoms with E-state index in [1.54, 1.807) is 0 Å². The molecule has 3 aromatic rings. The number of hydrogen-bond acceptors (Lipinski definition) is 2. The molecule has 19 heavy (non-hydrogen) atoms. The van der Waals surface area contributed by atoms with Crippen molar-refractivity contribution in [3.05, 3.63) is 59.9 Å². The van der Waals surface area contributed by atoms with Gasteiger partial charge in [0.1, 0.15) is 5.82 Å². The van der Waals surface area contributed by atoms with Crippen LogP contribution in [0.1, 0.15) is 11.4 Å². The van der Waals surface area contributed by atoms with E-state index in [0.717, 1.165) is 29.9 Å². The van der Waals surface area contributed by atoms with Crippen molar-refractivity contribution in [1.29, 1.82) is 0 Å². The smallest absolute Gasteiger partial charge is 0.109 e. The van der Waals surface area contributed by atoms with E-state index in [9.17, 15) is 0 Å². The lowest BCUT2D eigenvalue weighted by Crippen LogP contribution is -2.02. The summed E-state index contributed by atoms with van der Waals surface area (Å²) in [6.45, 7) is 0. The van der Waals surface area contributed by atoms with E-state index in [4.69, 9.17) is 5.73 Å². The number of fused-ring (bicyclic) bond motifs is 1. The van der Waals surface area contributed by atoms with Gasteiger partial charge in [-0.1, -0.05) is 30.3 Å². The molecule has 0 atom stereocenters. The molecule has 2 aromatic carbocycles. The third-order valence-electron chi connectivity index (χ3n) is 3.55. The van der Waals surface area contributed by atoms with Crippen LogP contribution >= 0.6 is 0 Å². The van der Waals surface area contributed by atoms with Crippen molar-refractivity contribution in [1.82, 2.24) is 9.55 Å². The predicted molar refractivity (Wildman–Crippen MR) is 79.0 cm³/mol. The lowest BCUT2D eigenvalue weighted by atomic mass is 10.1. The standard InChI is InChI=1S/C16H17N3/c1-19-15-9-5-4-8-14(15)18-16(19)11-10-12-6-2-3-7-13(12)17/h2-9H,10-11,17H2,1H3. The number of nitrogens with zero attached hydrogens (tertiary/aromatic N) is 2. The van der Waals surface area contributed by atoms with Gasteiger partial charge in [0, 0.05) is 19.2 Å². The van der Waals surface area contributed by atoms with Gasteiger partial charge in [-0.2, -0.15) is 0 Å². The Bertz CT molecular complexity index is 713. The summed E-state index contributed by atoms with van der Waals surface area (Å²) in [5, 5.41) is 0. The van der Waals surface area contributed by atoms with Gasteiger partial charge in [-0.25, -0.2) is 4.98 Å². The number of imidazole rings is 1. The highest BCUT2D eigenvalue weighted by Gasteiger charge is 2.07. The third kappa shape index (κ3) is 2.19. The maximum Gasteiger partial charge on any atom is 0.109 e. The molecule has 96 valence electrons. The summed E-state index contributed by atoms with van der Waals surface area (Å²) in [6, 6.07) is 16.2. The van der Waals surface area contributed by atoms with Crippen LogP contribution in [0.5, 0.6) is 0 Å². The van der Waals surface area contributed by atoms with Gasteiger partial charge in [-0.3, -0.25) is 0 Å². The number of para-hydroxylation sites is 3. The van der Waals surface area contributed by atoms with Crippen LogP contribution in [-0.2, 0) is 19.9 Å². The molecule has 0 bridgehead atoms. The Morgan fingerprint density at radius 1 is 1.00 bits per heavy atom. The van der Waals surface area contributed by atoms with Crippen LogP contribution in [0.2, 0.25) is 0 Å². The van der Waals surface area contributed by atoms with E-state index in [-0.39, 0.29) is 0 Å². The van der Waals surface area contributed by atoms with Crippen molar-refractivity contribution in [2.24, 2.45) is 7.05 Å². The number of rotatable bonds is 3. The maximum atomic E-state index is 5.97. The van der Waals surface area contributed by atoms with Crippen molar-refractivity contribution in [2.75, 3.05) is 5.73 Å². The van der Waals surface area contributed by atoms with Crippen LogP contribution in [-0.4, -0.2) is 9.55 Å². The molecule has 0 radical (unpaired) electrons. The topological polar surface area (TPSA) is 43.8 Å². The second kappa shape index (κ2) is 4.76. The second-order valence-electron chi connectivity index (χ2n) is 4.77. The molecule has 0 aliphatic carbocycles. The number of benzene rings is 2. The minimum Gasteiger partial charge on any atom is -0.399 e. The van der Waals surface area contributed by atoms with Crippen LogP contribution in [0, 0.1) is 0 Å². The average molecular weight is 251 g/mol. The number of anilines is 1. The number of nitrogens with two attached hydrogens (primary N) is 1. The molecule has 1 heterocycles. The monoisotopic (exact) mass is 251 g/mol. The molecule has 3 heteroatoms. The quantitative estimate of drug-likeness (QED) is 0.727. The Hall–Kier alpha value is -2.29. The normalized spacial score (nSPS) is 11.0. The van der Waals surface area contributed by atoms with Crippen LogP contribution in [0.25, 0.3) is 11.0 Å². The molecule has 0 saturated heterocycles. The maximum absolute atomic E-state index is 5.97. The molecule has 0 fully saturated rings. The zero-order chi connectivity index (χ0) is 13.2. The predicted octanol–water partition coefficient (Wildman–Crippen LogP) is 2.94. The van der Waals surface area contributed by atoms with Crippen LogP contribution < -0.4 is 5.73 Å². The minimum absolute atomic E-state index is 0.862. The Morgan fingerprint density at radius 3 is 2.53 bits per heavy atom. The molecular formula is C16H17N3. The Morgan fingerprint density at radius 2 is 1.74 bits per heavy atom. The van der Waals surface area contributed by atoms with E-state index in [0.29, 0.717) is 0 Å². The summed E-state index contributed by atoms with van der Waals surface area (Å²) < 4.78 is 2.16. The van der Waals surface area contributed by atoms with Crippen molar-refractivity contribution in [3.63, 3.8) is 0 Å². The van der Waals surface area contributed by atoms with Gasteiger partial charge in [-0.15, -0.1) is 0 Å². The van der Waals surface area contributed by atoms with Crippen LogP contribution in [0.15, 0.2) is 48.5 Å². The van der Waals surface area contributed by atoms with Gasteiger partial charge >= 0.3 is 0 Å². The van der Waals surface area contributed by atoms with E-state index < -0.39 is 0 Å². The van der Waals surface area contributed by atoms with Crippen molar-refractivity contribution < 1.29 is 0 Å². The van der Waals surface area contributed by atoms with Crippen LogP contribution in [0.4, 0.5) is 5.69 Å². The Labute approximate surface area is 112 Å². The summed E-state index contributed by atoms with van der Waals surface area (Å²) in [5.41, 5.74) is 10.3. The number of aromatic nitrogens is 2. The van der Waals surface area contributed by atoms with E-state index in [2.05, 4.69) is 34.8 Å². The first-order chi connectivity index (χ1) is 9.25. The molecule has 3 rings (SSSR count). The summed E-state index contributed by atoms with van der Waals surface area (Å²) >= 11 is 0. The number of nitrogen functional groups attached to an aromatic ring is 1. The largest absolute Gasteiger partial charge is 0.399 e. The fourth-order valence-corrected chi connectivity index (χ4v) is 2.43. The molecule has 0 aliphatic heterocycles. The highest BCUT2D eigenvalue weighted by atomic mass is 15.1. The highest BCUT2D eigenvalue weighted by molar-refractivity contribution is 5.75. The lowest BCUT2D eigenvalue weighted by molar-refractivity contribution is 0.787. The molecule has 0 spiro atoms. The first kappa shape index (κ1) is 11.8. The SMILES string of the molecule is Cn1c(CCc2ccccc2N)nc2ccccc21. The summed E-state index contributed by atoms with van der Waals surface area (Å²) in [5.74, 6) is 1.10. The molecule has 1 aromatic heterocycles. The molecule has 3 nitrogen and oxygen atoms in total. The first-order valence-corrected chi connectivity index (χ1v) is 6.49. The minimum atomic E-state index is 0.862. The van der Waals surface area contributed by atoms with Crippen molar-refractivity contribution in [2.45, 2.75) is 12.8 Å². The molecule has 0 saturated carbocycles. The number of aryl methyl sites for hydroxylation is 3. The molecule has 0 aliphatic rings. The van der Waals surface area contributed by atoms with E-state index in [1.165, 1.54) is 11.1 Å². The van der Waals surface area contributed by atoms with Crippen LogP contribution in [0.3, 0.4) is 0 Å². The second-order valence-corrected chi connectivity index (χ2v) is 4.77. The van der Waals surface area contributed by atoms with Gasteiger partial charge in [0.2, 0.25) is 0 Å². The van der Waals surface area contributed by atoms with Gasteiger partial charge in [0.05, 0.1) is 11.0 Å². The zero-order valence-corrected chi connectivity index (χ0v) is 11.0. The van der Waals surface area contributed by atoms with E-state index in [1.807, 2.05) is 30.3 Å². The Kier molecular flexibility index (Phi) is 2.95. The van der Waals surface area contributed by atoms with Crippen molar-refractivity contribution in [3.8, 4) is 0 Å². The highest BCUT2D eigenvalue weighted by Crippen LogP contribution is 2.17. The fraction of sp³-hybridized carbons (Fsp3) is 0.188. The van der Waals surface area contributed by atoms with Gasteiger partial charge in [0.25, 0.3) is 0 Å². The molecule has 0 amide bonds. The van der Waals surface area contributed by atoms with Gasteiger partial charge in [0.15, 0.2) is 0 Å². The first-order valence-electron chi connectivity index (χ1n) is 6.49. The molecule has 0 unspecified atom stereocenters. The molecule has 2 N–H and O–H groups in total. The Balaban J connectivity index is 1.86. The van der Waals surface area contributed by atoms with Gasteiger partial charge < -0.3 is 10.3 Å². The van der Waals surface area contributed by atoms with Gasteiger partial charge in [-0.05, 0) is 30.2 Å². The number of hydrogen-bond donors (Lipinski definition) is 1. The summed E-state index contributed by atoms with van der Waals surface area (Å²) in [4.78, 5) is 4.68. The van der Waals surface area contributed by atoms with Crippen molar-refractivity contribution >= 4 is 16.7 Å². The lowest BCUT2D eigenvalue weighted by Gasteiger charge is -2.05.